The van der Waals surface area contributed by atoms with Crippen molar-refractivity contribution in [1.82, 2.24) is 4.90 Å². The lowest BCUT2D eigenvalue weighted by Crippen LogP contribution is -2.38. The summed E-state index contributed by atoms with van der Waals surface area (Å²) < 4.78 is 0. The molecule has 2 atom stereocenters. The number of rotatable bonds is 5. The molecule has 1 aromatic carbocycles. The van der Waals surface area contributed by atoms with Gasteiger partial charge in [-0.15, -0.1) is 0 Å². The van der Waals surface area contributed by atoms with Crippen LogP contribution in [0.2, 0.25) is 0 Å². The standard InChI is InChI=1S/C17H26N2O2/c1-12-7-13(2)9-15(8-12)18-17(21)11-19-6-4-5-16(19)10-14(3)20/h7-9,14,16,20H,4-6,10-11H2,1-3H3,(H,18,21). The molecule has 4 nitrogen and oxygen atoms in total. The molecule has 116 valence electrons. The maximum absolute atomic E-state index is 12.2. The molecule has 0 aromatic heterocycles. The van der Waals surface area contributed by atoms with Crippen molar-refractivity contribution in [3.63, 3.8) is 0 Å². The van der Waals surface area contributed by atoms with Crippen LogP contribution in [0, 0.1) is 13.8 Å². The van der Waals surface area contributed by atoms with Gasteiger partial charge in [0.2, 0.25) is 5.91 Å². The summed E-state index contributed by atoms with van der Waals surface area (Å²) in [6.07, 6.45) is 2.62. The molecule has 1 saturated heterocycles. The summed E-state index contributed by atoms with van der Waals surface area (Å²) >= 11 is 0. The second kappa shape index (κ2) is 7.05. The Labute approximate surface area is 127 Å². The predicted molar refractivity (Wildman–Crippen MR) is 85.4 cm³/mol. The van der Waals surface area contributed by atoms with Gasteiger partial charge in [-0.2, -0.15) is 0 Å². The van der Waals surface area contributed by atoms with Crippen molar-refractivity contribution in [2.45, 2.75) is 52.2 Å². The summed E-state index contributed by atoms with van der Waals surface area (Å²) in [6.45, 7) is 7.22. The summed E-state index contributed by atoms with van der Waals surface area (Å²) in [7, 11) is 0. The second-order valence-electron chi connectivity index (χ2n) is 6.28. The van der Waals surface area contributed by atoms with Crippen molar-refractivity contribution in [2.75, 3.05) is 18.4 Å². The van der Waals surface area contributed by atoms with Crippen LogP contribution in [-0.2, 0) is 4.79 Å². The van der Waals surface area contributed by atoms with Gasteiger partial charge in [0.25, 0.3) is 0 Å². The number of aliphatic hydroxyl groups excluding tert-OH is 1. The fourth-order valence-electron chi connectivity index (χ4n) is 3.20. The monoisotopic (exact) mass is 290 g/mol. The van der Waals surface area contributed by atoms with Crippen LogP contribution in [0.5, 0.6) is 0 Å². The van der Waals surface area contributed by atoms with E-state index < -0.39 is 0 Å². The fraction of sp³-hybridized carbons (Fsp3) is 0.588. The Balaban J connectivity index is 1.91. The van der Waals surface area contributed by atoms with E-state index in [9.17, 15) is 9.90 Å². The zero-order chi connectivity index (χ0) is 15.4. The molecule has 0 bridgehead atoms. The molecule has 21 heavy (non-hydrogen) atoms. The SMILES string of the molecule is Cc1cc(C)cc(NC(=O)CN2CCCC2CC(C)O)c1. The number of nitrogens with one attached hydrogen (secondary N) is 1. The van der Waals surface area contributed by atoms with E-state index in [0.717, 1.165) is 42.6 Å². The van der Waals surface area contributed by atoms with E-state index in [1.165, 1.54) is 0 Å². The van der Waals surface area contributed by atoms with Crippen LogP contribution in [0.4, 0.5) is 5.69 Å². The molecule has 0 aliphatic carbocycles. The third-order valence-electron chi connectivity index (χ3n) is 3.96. The number of amides is 1. The second-order valence-corrected chi connectivity index (χ2v) is 6.28. The number of nitrogens with zero attached hydrogens (tertiary/aromatic N) is 1. The van der Waals surface area contributed by atoms with Crippen LogP contribution < -0.4 is 5.32 Å². The van der Waals surface area contributed by atoms with Gasteiger partial charge < -0.3 is 10.4 Å². The molecule has 2 N–H and O–H groups in total. The molecule has 1 fully saturated rings. The molecule has 1 aliphatic heterocycles. The predicted octanol–water partition coefficient (Wildman–Crippen LogP) is 2.48. The van der Waals surface area contributed by atoms with E-state index in [1.807, 2.05) is 32.9 Å². The molecule has 1 amide bonds. The third kappa shape index (κ3) is 4.83. The molecule has 2 rings (SSSR count). The van der Waals surface area contributed by atoms with Gasteiger partial charge in [0, 0.05) is 11.7 Å². The number of benzene rings is 1. The average molecular weight is 290 g/mol. The molecule has 2 unspecified atom stereocenters. The first-order valence-corrected chi connectivity index (χ1v) is 7.74. The minimum atomic E-state index is -0.307. The van der Waals surface area contributed by atoms with Crippen LogP contribution in [-0.4, -0.2) is 41.1 Å². The maximum Gasteiger partial charge on any atom is 0.238 e. The number of carbonyl (C=O) groups is 1. The summed E-state index contributed by atoms with van der Waals surface area (Å²) in [6, 6.07) is 6.40. The smallest absolute Gasteiger partial charge is 0.238 e. The molecule has 0 saturated carbocycles. The number of hydrogen-bond acceptors (Lipinski definition) is 3. The van der Waals surface area contributed by atoms with E-state index in [-0.39, 0.29) is 12.0 Å². The number of hydrogen-bond donors (Lipinski definition) is 2. The first-order valence-electron chi connectivity index (χ1n) is 7.74. The van der Waals surface area contributed by atoms with Crippen molar-refractivity contribution in [2.24, 2.45) is 0 Å². The van der Waals surface area contributed by atoms with Gasteiger partial charge in [-0.25, -0.2) is 0 Å². The Morgan fingerprint density at radius 3 is 2.67 bits per heavy atom. The summed E-state index contributed by atoms with van der Waals surface area (Å²) in [5.74, 6) is 0.0255. The zero-order valence-electron chi connectivity index (χ0n) is 13.2. The van der Waals surface area contributed by atoms with Crippen molar-refractivity contribution in [3.05, 3.63) is 29.3 Å². The van der Waals surface area contributed by atoms with Crippen molar-refractivity contribution < 1.29 is 9.90 Å². The largest absolute Gasteiger partial charge is 0.393 e. The van der Waals surface area contributed by atoms with E-state index in [0.29, 0.717) is 12.6 Å². The van der Waals surface area contributed by atoms with Gasteiger partial charge in [0.1, 0.15) is 0 Å². The Morgan fingerprint density at radius 1 is 1.38 bits per heavy atom. The van der Waals surface area contributed by atoms with E-state index in [1.54, 1.807) is 0 Å². The molecule has 1 heterocycles. The Morgan fingerprint density at radius 2 is 2.05 bits per heavy atom. The lowest BCUT2D eigenvalue weighted by atomic mass is 10.1. The lowest BCUT2D eigenvalue weighted by molar-refractivity contribution is -0.117. The fourth-order valence-corrected chi connectivity index (χ4v) is 3.20. The molecule has 1 aliphatic rings. The first kappa shape index (κ1) is 16.0. The van der Waals surface area contributed by atoms with E-state index in [2.05, 4.69) is 16.3 Å². The molecular formula is C17H26N2O2. The van der Waals surface area contributed by atoms with Gasteiger partial charge in [-0.1, -0.05) is 6.07 Å². The van der Waals surface area contributed by atoms with Gasteiger partial charge in [0.05, 0.1) is 12.6 Å². The lowest BCUT2D eigenvalue weighted by Gasteiger charge is -2.24. The van der Waals surface area contributed by atoms with Gasteiger partial charge >= 0.3 is 0 Å². The third-order valence-corrected chi connectivity index (χ3v) is 3.96. The minimum absolute atomic E-state index is 0.0255. The Bertz CT molecular complexity index is 479. The maximum atomic E-state index is 12.2. The quantitative estimate of drug-likeness (QED) is 0.876. The van der Waals surface area contributed by atoms with Crippen molar-refractivity contribution in [3.8, 4) is 0 Å². The number of carbonyl (C=O) groups excluding carboxylic acids is 1. The number of anilines is 1. The van der Waals surface area contributed by atoms with Crippen molar-refractivity contribution >= 4 is 11.6 Å². The highest BCUT2D eigenvalue weighted by Gasteiger charge is 2.27. The van der Waals surface area contributed by atoms with Gasteiger partial charge in [0.15, 0.2) is 0 Å². The Kier molecular flexibility index (Phi) is 5.37. The molecular weight excluding hydrogens is 264 g/mol. The van der Waals surface area contributed by atoms with Crippen LogP contribution in [0.15, 0.2) is 18.2 Å². The van der Waals surface area contributed by atoms with Crippen LogP contribution in [0.3, 0.4) is 0 Å². The molecule has 0 radical (unpaired) electrons. The summed E-state index contributed by atoms with van der Waals surface area (Å²) in [5, 5.41) is 12.5. The topological polar surface area (TPSA) is 52.6 Å². The normalized spacial score (nSPS) is 20.5. The van der Waals surface area contributed by atoms with Crippen LogP contribution >= 0.6 is 0 Å². The number of likely N-dealkylation sites (tertiary alicyclic amines) is 1. The highest BCUT2D eigenvalue weighted by molar-refractivity contribution is 5.92. The van der Waals surface area contributed by atoms with Crippen LogP contribution in [0.1, 0.15) is 37.3 Å². The highest BCUT2D eigenvalue weighted by atomic mass is 16.3. The van der Waals surface area contributed by atoms with E-state index in [4.69, 9.17) is 0 Å². The van der Waals surface area contributed by atoms with Crippen LogP contribution in [0.25, 0.3) is 0 Å². The van der Waals surface area contributed by atoms with E-state index >= 15 is 0 Å². The molecule has 4 heteroatoms. The zero-order valence-corrected chi connectivity index (χ0v) is 13.2. The Hall–Kier alpha value is -1.39. The summed E-state index contributed by atoms with van der Waals surface area (Å²) in [4.78, 5) is 14.4. The highest BCUT2D eigenvalue weighted by Crippen LogP contribution is 2.21. The van der Waals surface area contributed by atoms with Gasteiger partial charge in [-0.05, 0) is 69.8 Å². The minimum Gasteiger partial charge on any atom is -0.393 e. The number of aliphatic hydroxyl groups is 1. The first-order chi connectivity index (χ1) is 9.94. The number of aryl methyl sites for hydroxylation is 2. The van der Waals surface area contributed by atoms with Gasteiger partial charge in [-0.3, -0.25) is 9.69 Å². The van der Waals surface area contributed by atoms with Crippen molar-refractivity contribution in [1.29, 1.82) is 0 Å². The summed E-state index contributed by atoms with van der Waals surface area (Å²) in [5.41, 5.74) is 3.17. The average Bonchev–Trinajstić information content (AvgIpc) is 2.73. The molecule has 1 aromatic rings. The molecule has 0 spiro atoms.